The third-order valence-corrected chi connectivity index (χ3v) is 6.39. The Morgan fingerprint density at radius 3 is 2.29 bits per heavy atom. The van der Waals surface area contributed by atoms with E-state index < -0.39 is 22.4 Å². The number of rotatable bonds is 19. The zero-order valence-electron chi connectivity index (χ0n) is 21.7. The highest BCUT2D eigenvalue weighted by atomic mass is 32.2. The lowest BCUT2D eigenvalue weighted by molar-refractivity contribution is -0.133. The molecule has 0 unspecified atom stereocenters. The Morgan fingerprint density at radius 1 is 0.947 bits per heavy atom. The predicted octanol–water partition coefficient (Wildman–Crippen LogP) is 2.40. The summed E-state index contributed by atoms with van der Waals surface area (Å²) in [7, 11) is -4.28. The molecule has 0 heterocycles. The van der Waals surface area contributed by atoms with Crippen molar-refractivity contribution in [3.63, 3.8) is 0 Å². The number of carbonyl (C=O) groups is 1. The summed E-state index contributed by atoms with van der Waals surface area (Å²) in [4.78, 5) is 11.5. The first-order valence-corrected chi connectivity index (χ1v) is 14.4. The maximum Gasteiger partial charge on any atom is 0.382 e. The number of unbranched alkanes of at least 4 members (excludes halogenated alkanes) is 4. The van der Waals surface area contributed by atoms with Crippen LogP contribution < -0.4 is 10.5 Å². The Balaban J connectivity index is 1.42. The van der Waals surface area contributed by atoms with Gasteiger partial charge in [-0.3, -0.25) is 4.79 Å². The maximum atomic E-state index is 11.5. The van der Waals surface area contributed by atoms with E-state index in [-0.39, 0.29) is 18.8 Å². The van der Waals surface area contributed by atoms with E-state index in [1.807, 2.05) is 12.1 Å². The van der Waals surface area contributed by atoms with Crippen molar-refractivity contribution < 1.29 is 37.5 Å². The third kappa shape index (κ3) is 13.3. The molecule has 38 heavy (non-hydrogen) atoms. The van der Waals surface area contributed by atoms with Crippen LogP contribution in [0.3, 0.4) is 0 Å². The van der Waals surface area contributed by atoms with Gasteiger partial charge in [-0.15, -0.1) is 0 Å². The third-order valence-electron chi connectivity index (χ3n) is 5.97. The molecule has 0 aliphatic carbocycles. The fourth-order valence-corrected chi connectivity index (χ4v) is 4.21. The van der Waals surface area contributed by atoms with Gasteiger partial charge in [0, 0.05) is 25.3 Å². The SMILES string of the molecule is NS(=O)(=O)OC(=O)Cc1ccc(CCCCOCCCCCCNC[C@H](O)c2ccc(O)c(CO)c2)cc1. The fourth-order valence-electron chi connectivity index (χ4n) is 3.89. The molecular weight excluding hydrogens is 512 g/mol. The molecule has 0 bridgehead atoms. The summed E-state index contributed by atoms with van der Waals surface area (Å²) in [5.41, 5.74) is 2.86. The number of aliphatic hydroxyl groups is 2. The molecule has 0 fully saturated rings. The first kappa shape index (κ1) is 31.7. The van der Waals surface area contributed by atoms with E-state index in [0.717, 1.165) is 63.7 Å². The summed E-state index contributed by atoms with van der Waals surface area (Å²) in [6.07, 6.45) is 6.16. The lowest BCUT2D eigenvalue weighted by Crippen LogP contribution is -2.22. The molecule has 0 aliphatic rings. The lowest BCUT2D eigenvalue weighted by atomic mass is 10.0. The smallest absolute Gasteiger partial charge is 0.382 e. The number of aryl methyl sites for hydroxylation is 1. The number of aromatic hydroxyl groups is 1. The van der Waals surface area contributed by atoms with Gasteiger partial charge in [0.25, 0.3) is 0 Å². The topological polar surface area (TPSA) is 168 Å². The van der Waals surface area contributed by atoms with Crippen molar-refractivity contribution in [1.82, 2.24) is 5.32 Å². The predicted molar refractivity (Wildman–Crippen MR) is 143 cm³/mol. The normalized spacial score (nSPS) is 12.4. The van der Waals surface area contributed by atoms with Crippen molar-refractivity contribution in [1.29, 1.82) is 0 Å². The standard InChI is InChI=1S/C27H40N2O8S/c28-38(34,35)37-27(33)17-22-10-8-21(9-11-22)7-3-6-16-36-15-5-2-1-4-14-29-19-26(32)23-12-13-25(31)24(18-23)20-30/h8-13,18,26,29-32H,1-7,14-17,19-20H2,(H2,28,34,35)/t26-/m0/s1. The molecule has 0 aromatic heterocycles. The molecule has 2 rings (SSSR count). The number of aliphatic hydroxyl groups excluding tert-OH is 2. The highest BCUT2D eigenvalue weighted by Gasteiger charge is 2.12. The van der Waals surface area contributed by atoms with Crippen LogP contribution in [0.4, 0.5) is 0 Å². The van der Waals surface area contributed by atoms with E-state index in [0.29, 0.717) is 29.8 Å². The molecular formula is C27H40N2O8S. The number of hydrogen-bond donors (Lipinski definition) is 5. The lowest BCUT2D eigenvalue weighted by Gasteiger charge is -2.14. The number of phenols is 1. The Kier molecular flexibility index (Phi) is 14.3. The largest absolute Gasteiger partial charge is 0.508 e. The van der Waals surface area contributed by atoms with E-state index in [2.05, 4.69) is 14.6 Å². The number of nitrogens with one attached hydrogen (secondary N) is 1. The van der Waals surface area contributed by atoms with Gasteiger partial charge in [-0.05, 0) is 67.5 Å². The molecule has 0 aliphatic heterocycles. The van der Waals surface area contributed by atoms with Gasteiger partial charge in [0.15, 0.2) is 0 Å². The quantitative estimate of drug-likeness (QED) is 0.164. The first-order valence-electron chi connectivity index (χ1n) is 12.9. The Morgan fingerprint density at radius 2 is 1.61 bits per heavy atom. The monoisotopic (exact) mass is 552 g/mol. The highest BCUT2D eigenvalue weighted by Crippen LogP contribution is 2.22. The van der Waals surface area contributed by atoms with Gasteiger partial charge in [-0.1, -0.05) is 43.2 Å². The Hall–Kier alpha value is -2.54. The molecule has 2 aromatic carbocycles. The van der Waals surface area contributed by atoms with Gasteiger partial charge in [0.05, 0.1) is 19.1 Å². The van der Waals surface area contributed by atoms with Gasteiger partial charge < -0.3 is 29.6 Å². The van der Waals surface area contributed by atoms with Crippen LogP contribution in [0.2, 0.25) is 0 Å². The van der Waals surface area contributed by atoms with Crippen LogP contribution >= 0.6 is 0 Å². The number of ether oxygens (including phenoxy) is 1. The second kappa shape index (κ2) is 17.1. The van der Waals surface area contributed by atoms with Crippen LogP contribution in [-0.4, -0.2) is 56.0 Å². The molecule has 6 N–H and O–H groups in total. The number of carbonyl (C=O) groups excluding carboxylic acids is 1. The summed E-state index contributed by atoms with van der Waals surface area (Å²) in [6, 6.07) is 12.1. The summed E-state index contributed by atoms with van der Waals surface area (Å²) in [6.45, 7) is 2.41. The summed E-state index contributed by atoms with van der Waals surface area (Å²) in [5.74, 6) is -0.882. The van der Waals surface area contributed by atoms with Crippen molar-refractivity contribution >= 4 is 16.3 Å². The summed E-state index contributed by atoms with van der Waals surface area (Å²) in [5, 5.41) is 37.0. The first-order chi connectivity index (χ1) is 18.2. The minimum atomic E-state index is -4.28. The zero-order valence-corrected chi connectivity index (χ0v) is 22.5. The Bertz CT molecular complexity index is 1080. The minimum absolute atomic E-state index is 0.0261. The average Bonchev–Trinajstić information content (AvgIpc) is 2.86. The second-order valence-corrected chi connectivity index (χ2v) is 10.3. The summed E-state index contributed by atoms with van der Waals surface area (Å²) >= 11 is 0. The van der Waals surface area contributed by atoms with Gasteiger partial charge in [-0.2, -0.15) is 13.6 Å². The number of nitrogens with two attached hydrogens (primary N) is 1. The highest BCUT2D eigenvalue weighted by molar-refractivity contribution is 7.84. The minimum Gasteiger partial charge on any atom is -0.508 e. The van der Waals surface area contributed by atoms with E-state index in [1.54, 1.807) is 24.3 Å². The molecule has 0 radical (unpaired) electrons. The molecule has 11 heteroatoms. The van der Waals surface area contributed by atoms with E-state index in [1.165, 1.54) is 6.07 Å². The molecule has 10 nitrogen and oxygen atoms in total. The second-order valence-electron chi connectivity index (χ2n) is 9.19. The molecule has 0 saturated carbocycles. The van der Waals surface area contributed by atoms with Crippen LogP contribution in [0.5, 0.6) is 5.75 Å². The van der Waals surface area contributed by atoms with Crippen molar-refractivity contribution in [2.24, 2.45) is 5.14 Å². The van der Waals surface area contributed by atoms with Gasteiger partial charge in [0.1, 0.15) is 5.75 Å². The van der Waals surface area contributed by atoms with E-state index in [9.17, 15) is 28.5 Å². The molecule has 0 spiro atoms. The van der Waals surface area contributed by atoms with Crippen molar-refractivity contribution in [3.05, 3.63) is 64.7 Å². The van der Waals surface area contributed by atoms with Crippen LogP contribution in [0.25, 0.3) is 0 Å². The molecule has 0 saturated heterocycles. The van der Waals surface area contributed by atoms with Crippen LogP contribution in [0, 0.1) is 0 Å². The molecule has 212 valence electrons. The number of hydrogen-bond acceptors (Lipinski definition) is 9. The van der Waals surface area contributed by atoms with Crippen molar-refractivity contribution in [2.75, 3.05) is 26.3 Å². The van der Waals surface area contributed by atoms with Crippen molar-refractivity contribution in [2.45, 2.75) is 64.1 Å². The number of benzene rings is 2. The van der Waals surface area contributed by atoms with Crippen LogP contribution in [0.15, 0.2) is 42.5 Å². The zero-order chi connectivity index (χ0) is 27.8. The van der Waals surface area contributed by atoms with Crippen LogP contribution in [0.1, 0.15) is 66.9 Å². The molecule has 2 aromatic rings. The maximum absolute atomic E-state index is 11.5. The van der Waals surface area contributed by atoms with Crippen LogP contribution in [-0.2, 0) is 43.5 Å². The van der Waals surface area contributed by atoms with E-state index in [4.69, 9.17) is 4.74 Å². The van der Waals surface area contributed by atoms with Crippen molar-refractivity contribution in [3.8, 4) is 5.75 Å². The average molecular weight is 553 g/mol. The Labute approximate surface area is 225 Å². The van der Waals surface area contributed by atoms with E-state index >= 15 is 0 Å². The molecule has 0 amide bonds. The van der Waals surface area contributed by atoms with Gasteiger partial charge in [0.2, 0.25) is 0 Å². The fraction of sp³-hybridized carbons (Fsp3) is 0.519. The summed E-state index contributed by atoms with van der Waals surface area (Å²) < 4.78 is 31.4. The molecule has 1 atom stereocenters. The van der Waals surface area contributed by atoms with Gasteiger partial charge >= 0.3 is 16.3 Å². The van der Waals surface area contributed by atoms with Gasteiger partial charge in [-0.25, -0.2) is 0 Å².